The molecule has 0 saturated carbocycles. The fourth-order valence-corrected chi connectivity index (χ4v) is 3.83. The van der Waals surface area contributed by atoms with Gasteiger partial charge in [0, 0.05) is 22.9 Å². The van der Waals surface area contributed by atoms with Gasteiger partial charge in [-0.05, 0) is 13.0 Å². The SMILES string of the molecule is O=C(CN1CC[C@H](SC(=O)c2ccccc2)C1)c1ccccc1. The maximum atomic E-state index is 12.2. The zero-order chi connectivity index (χ0) is 16.1. The lowest BCUT2D eigenvalue weighted by molar-refractivity contribution is 0.0945. The molecule has 0 unspecified atom stereocenters. The summed E-state index contributed by atoms with van der Waals surface area (Å²) in [5.74, 6) is 0.144. The number of likely N-dealkylation sites (tertiary alicyclic amines) is 1. The number of benzene rings is 2. The number of hydrogen-bond acceptors (Lipinski definition) is 4. The number of nitrogens with zero attached hydrogens (tertiary/aromatic N) is 1. The van der Waals surface area contributed by atoms with Crippen LogP contribution in [0.4, 0.5) is 0 Å². The fraction of sp³-hybridized carbons (Fsp3) is 0.263. The lowest BCUT2D eigenvalue weighted by atomic mass is 10.1. The van der Waals surface area contributed by atoms with Gasteiger partial charge in [0.15, 0.2) is 5.78 Å². The molecule has 1 fully saturated rings. The van der Waals surface area contributed by atoms with E-state index >= 15 is 0 Å². The lowest BCUT2D eigenvalue weighted by Gasteiger charge is -2.14. The molecular formula is C19H19NO2S. The first-order chi connectivity index (χ1) is 11.2. The average Bonchev–Trinajstić information content (AvgIpc) is 3.03. The minimum absolute atomic E-state index is 0.117. The highest BCUT2D eigenvalue weighted by Crippen LogP contribution is 2.26. The molecule has 118 valence electrons. The van der Waals surface area contributed by atoms with Crippen molar-refractivity contribution in [2.24, 2.45) is 0 Å². The van der Waals surface area contributed by atoms with Gasteiger partial charge in [-0.1, -0.05) is 72.4 Å². The van der Waals surface area contributed by atoms with E-state index in [0.29, 0.717) is 6.54 Å². The number of rotatable bonds is 5. The summed E-state index contributed by atoms with van der Waals surface area (Å²) in [6, 6.07) is 18.8. The topological polar surface area (TPSA) is 37.4 Å². The highest BCUT2D eigenvalue weighted by atomic mass is 32.2. The van der Waals surface area contributed by atoms with Crippen LogP contribution in [0.25, 0.3) is 0 Å². The summed E-state index contributed by atoms with van der Waals surface area (Å²) < 4.78 is 0. The Labute approximate surface area is 140 Å². The van der Waals surface area contributed by atoms with Gasteiger partial charge in [0.1, 0.15) is 0 Å². The third-order valence-electron chi connectivity index (χ3n) is 3.98. The van der Waals surface area contributed by atoms with Gasteiger partial charge in [-0.2, -0.15) is 0 Å². The van der Waals surface area contributed by atoms with Crippen LogP contribution in [-0.2, 0) is 0 Å². The number of carbonyl (C=O) groups is 2. The fourth-order valence-electron chi connectivity index (χ4n) is 2.75. The van der Waals surface area contributed by atoms with E-state index in [9.17, 15) is 9.59 Å². The maximum absolute atomic E-state index is 12.2. The third kappa shape index (κ3) is 4.30. The van der Waals surface area contributed by atoms with Gasteiger partial charge in [0.05, 0.1) is 6.54 Å². The molecular weight excluding hydrogens is 306 g/mol. The summed E-state index contributed by atoms with van der Waals surface area (Å²) in [5, 5.41) is 0.387. The van der Waals surface area contributed by atoms with Gasteiger partial charge in [-0.25, -0.2) is 0 Å². The van der Waals surface area contributed by atoms with Crippen LogP contribution < -0.4 is 0 Å². The number of ketones is 1. The minimum Gasteiger partial charge on any atom is -0.295 e. The molecule has 0 spiro atoms. The number of thioether (sulfide) groups is 1. The van der Waals surface area contributed by atoms with E-state index < -0.39 is 0 Å². The predicted octanol–water partition coefficient (Wildman–Crippen LogP) is 3.52. The van der Waals surface area contributed by atoms with Gasteiger partial charge < -0.3 is 0 Å². The van der Waals surface area contributed by atoms with Crippen LogP contribution in [0.1, 0.15) is 27.1 Å². The molecule has 1 atom stereocenters. The van der Waals surface area contributed by atoms with Crippen molar-refractivity contribution in [2.45, 2.75) is 11.7 Å². The van der Waals surface area contributed by atoms with Crippen LogP contribution in [0.2, 0.25) is 0 Å². The van der Waals surface area contributed by atoms with Crippen molar-refractivity contribution in [3.05, 3.63) is 71.8 Å². The van der Waals surface area contributed by atoms with E-state index in [4.69, 9.17) is 0 Å². The Balaban J connectivity index is 1.51. The Morgan fingerprint density at radius 1 is 0.957 bits per heavy atom. The molecule has 0 bridgehead atoms. The first kappa shape index (κ1) is 16.0. The summed E-state index contributed by atoms with van der Waals surface area (Å²) >= 11 is 1.40. The Kier molecular flexibility index (Phi) is 5.26. The molecule has 0 aliphatic carbocycles. The molecule has 1 saturated heterocycles. The molecule has 1 aliphatic rings. The quantitative estimate of drug-likeness (QED) is 0.788. The van der Waals surface area contributed by atoms with Crippen molar-refractivity contribution in [2.75, 3.05) is 19.6 Å². The highest BCUT2D eigenvalue weighted by molar-refractivity contribution is 8.14. The molecule has 0 aromatic heterocycles. The van der Waals surface area contributed by atoms with Crippen LogP contribution in [-0.4, -0.2) is 40.7 Å². The molecule has 23 heavy (non-hydrogen) atoms. The van der Waals surface area contributed by atoms with Crippen LogP contribution in [0.5, 0.6) is 0 Å². The largest absolute Gasteiger partial charge is 0.295 e. The normalized spacial score (nSPS) is 18.0. The molecule has 1 aliphatic heterocycles. The molecule has 3 nitrogen and oxygen atoms in total. The molecule has 0 N–H and O–H groups in total. The summed E-state index contributed by atoms with van der Waals surface area (Å²) in [4.78, 5) is 26.6. The summed E-state index contributed by atoms with van der Waals surface area (Å²) in [6.07, 6.45) is 0.950. The van der Waals surface area contributed by atoms with Gasteiger partial charge in [-0.3, -0.25) is 14.5 Å². The van der Waals surface area contributed by atoms with E-state index in [0.717, 1.165) is 30.6 Å². The van der Waals surface area contributed by atoms with Crippen LogP contribution in [0.3, 0.4) is 0 Å². The van der Waals surface area contributed by atoms with Gasteiger partial charge >= 0.3 is 0 Å². The third-order valence-corrected chi connectivity index (χ3v) is 5.14. The first-order valence-corrected chi connectivity index (χ1v) is 8.67. The first-order valence-electron chi connectivity index (χ1n) is 7.79. The summed E-state index contributed by atoms with van der Waals surface area (Å²) in [5.41, 5.74) is 1.50. The summed E-state index contributed by atoms with van der Waals surface area (Å²) in [7, 11) is 0. The monoisotopic (exact) mass is 325 g/mol. The van der Waals surface area contributed by atoms with Gasteiger partial charge in [0.25, 0.3) is 0 Å². The number of Topliss-reactive ketones (excluding diaryl/α,β-unsaturated/α-hetero) is 1. The highest BCUT2D eigenvalue weighted by Gasteiger charge is 2.27. The van der Waals surface area contributed by atoms with Crippen molar-refractivity contribution in [3.8, 4) is 0 Å². The van der Waals surface area contributed by atoms with Crippen molar-refractivity contribution >= 4 is 22.7 Å². The lowest BCUT2D eigenvalue weighted by Crippen LogP contribution is -2.28. The second kappa shape index (κ2) is 7.57. The van der Waals surface area contributed by atoms with E-state index in [1.54, 1.807) is 0 Å². The van der Waals surface area contributed by atoms with Crippen molar-refractivity contribution < 1.29 is 9.59 Å². The van der Waals surface area contributed by atoms with E-state index in [1.807, 2.05) is 60.7 Å². The second-order valence-corrected chi connectivity index (χ2v) is 6.98. The molecule has 1 heterocycles. The zero-order valence-corrected chi connectivity index (χ0v) is 13.7. The van der Waals surface area contributed by atoms with Crippen molar-refractivity contribution in [1.82, 2.24) is 4.90 Å². The zero-order valence-electron chi connectivity index (χ0n) is 12.9. The van der Waals surface area contributed by atoms with E-state index in [2.05, 4.69) is 4.90 Å². The molecule has 2 aromatic rings. The smallest absolute Gasteiger partial charge is 0.219 e. The molecule has 0 radical (unpaired) electrons. The van der Waals surface area contributed by atoms with E-state index in [-0.39, 0.29) is 16.1 Å². The van der Waals surface area contributed by atoms with Gasteiger partial charge in [0.2, 0.25) is 5.12 Å². The van der Waals surface area contributed by atoms with Crippen LogP contribution in [0, 0.1) is 0 Å². The van der Waals surface area contributed by atoms with Gasteiger partial charge in [-0.15, -0.1) is 0 Å². The number of hydrogen-bond donors (Lipinski definition) is 0. The van der Waals surface area contributed by atoms with E-state index in [1.165, 1.54) is 11.8 Å². The van der Waals surface area contributed by atoms with Crippen molar-refractivity contribution in [3.63, 3.8) is 0 Å². The number of carbonyl (C=O) groups excluding carboxylic acids is 2. The average molecular weight is 325 g/mol. The standard InChI is InChI=1S/C19H19NO2S/c21-18(15-7-3-1-4-8-15)14-20-12-11-17(13-20)23-19(22)16-9-5-2-6-10-16/h1-10,17H,11-14H2/t17-/m0/s1. The Morgan fingerprint density at radius 3 is 2.22 bits per heavy atom. The Hall–Kier alpha value is -1.91. The summed E-state index contributed by atoms with van der Waals surface area (Å²) in [6.45, 7) is 2.10. The molecule has 0 amide bonds. The molecule has 3 rings (SSSR count). The Morgan fingerprint density at radius 2 is 1.57 bits per heavy atom. The van der Waals surface area contributed by atoms with Crippen LogP contribution in [0.15, 0.2) is 60.7 Å². The van der Waals surface area contributed by atoms with Crippen molar-refractivity contribution in [1.29, 1.82) is 0 Å². The Bertz CT molecular complexity index is 613. The minimum atomic E-state index is 0.117. The predicted molar refractivity (Wildman–Crippen MR) is 94.0 cm³/mol. The molecule has 2 aromatic carbocycles. The second-order valence-electron chi connectivity index (χ2n) is 5.71. The van der Waals surface area contributed by atoms with Crippen LogP contribution >= 0.6 is 11.8 Å². The molecule has 4 heteroatoms. The maximum Gasteiger partial charge on any atom is 0.219 e.